The molecule has 0 unspecified atom stereocenters. The highest BCUT2D eigenvalue weighted by Crippen LogP contribution is 2.17. The van der Waals surface area contributed by atoms with Gasteiger partial charge in [-0.05, 0) is 25.1 Å². The predicted molar refractivity (Wildman–Crippen MR) is 89.1 cm³/mol. The lowest BCUT2D eigenvalue weighted by Gasteiger charge is -2.19. The molecule has 0 aliphatic rings. The molecule has 0 atom stereocenters. The van der Waals surface area contributed by atoms with Crippen LogP contribution in [0.1, 0.15) is 12.2 Å². The zero-order valence-corrected chi connectivity index (χ0v) is 12.5. The van der Waals surface area contributed by atoms with Crippen molar-refractivity contribution in [2.45, 2.75) is 19.5 Å². The van der Waals surface area contributed by atoms with E-state index < -0.39 is 0 Å². The van der Waals surface area contributed by atoms with Gasteiger partial charge in [-0.3, -0.25) is 4.90 Å². The molecule has 1 aromatic heterocycles. The Bertz CT molecular complexity index is 590. The van der Waals surface area contributed by atoms with E-state index in [4.69, 9.17) is 10.7 Å². The van der Waals surface area contributed by atoms with Gasteiger partial charge in [0.1, 0.15) is 5.82 Å². The highest BCUT2D eigenvalue weighted by Gasteiger charge is 2.12. The Morgan fingerprint density at radius 1 is 1.19 bits per heavy atom. The third-order valence-electron chi connectivity index (χ3n) is 3.46. The fourth-order valence-electron chi connectivity index (χ4n) is 2.51. The minimum absolute atomic E-state index is 0.689. The van der Waals surface area contributed by atoms with Gasteiger partial charge in [0.15, 0.2) is 0 Å². The van der Waals surface area contributed by atoms with Gasteiger partial charge in [-0.2, -0.15) is 0 Å². The number of aryl methyl sites for hydroxylation is 1. The number of hydrogen-bond acceptors (Lipinski definition) is 3. The first kappa shape index (κ1) is 15.5. The van der Waals surface area contributed by atoms with Crippen LogP contribution >= 0.6 is 0 Å². The number of nitrogens with two attached hydrogens (primary N) is 1. The van der Waals surface area contributed by atoms with Crippen LogP contribution in [0.3, 0.4) is 0 Å². The van der Waals surface area contributed by atoms with Crippen LogP contribution in [0.2, 0.25) is 0 Å². The van der Waals surface area contributed by atoms with E-state index in [0.717, 1.165) is 43.9 Å². The lowest BCUT2D eigenvalue weighted by Crippen LogP contribution is -2.25. The maximum Gasteiger partial charge on any atom is 0.124 e. The summed E-state index contributed by atoms with van der Waals surface area (Å²) in [4.78, 5) is 7.05. The summed E-state index contributed by atoms with van der Waals surface area (Å²) in [5.74, 6) is 1.08. The van der Waals surface area contributed by atoms with E-state index in [2.05, 4.69) is 40.8 Å². The first-order valence-electron chi connectivity index (χ1n) is 7.38. The smallest absolute Gasteiger partial charge is 0.124 e. The standard InChI is InChI=1S/C17H24N4/c1-3-11-20(12-4-2)14-17-19-15-8-5-6-9-16(15)21(17)13-7-10-18/h3-6,8-9H,1-2,7,10-14,18H2. The molecule has 112 valence electrons. The number of fused-ring (bicyclic) bond motifs is 1. The largest absolute Gasteiger partial charge is 0.330 e. The van der Waals surface area contributed by atoms with E-state index in [1.54, 1.807) is 0 Å². The van der Waals surface area contributed by atoms with Crippen molar-refractivity contribution >= 4 is 11.0 Å². The number of benzene rings is 1. The molecule has 1 heterocycles. The molecule has 0 saturated carbocycles. The van der Waals surface area contributed by atoms with Gasteiger partial charge in [-0.25, -0.2) is 4.98 Å². The number of para-hydroxylation sites is 2. The Morgan fingerprint density at radius 3 is 2.57 bits per heavy atom. The van der Waals surface area contributed by atoms with Crippen LogP contribution in [0, 0.1) is 0 Å². The van der Waals surface area contributed by atoms with Crippen LogP contribution in [-0.4, -0.2) is 34.1 Å². The molecule has 2 rings (SSSR count). The van der Waals surface area contributed by atoms with Gasteiger partial charge in [0, 0.05) is 19.6 Å². The number of imidazole rings is 1. The molecule has 1 aromatic carbocycles. The second-order valence-electron chi connectivity index (χ2n) is 5.08. The highest BCUT2D eigenvalue weighted by atomic mass is 15.2. The fraction of sp³-hybridized carbons (Fsp3) is 0.353. The molecule has 2 N–H and O–H groups in total. The van der Waals surface area contributed by atoms with Gasteiger partial charge in [0.25, 0.3) is 0 Å². The Balaban J connectivity index is 2.31. The Morgan fingerprint density at radius 2 is 1.90 bits per heavy atom. The SMILES string of the molecule is C=CCN(CC=C)Cc1nc2ccccc2n1CCCN. The number of aromatic nitrogens is 2. The Kier molecular flexibility index (Phi) is 5.72. The molecule has 4 heteroatoms. The molecule has 4 nitrogen and oxygen atoms in total. The third kappa shape index (κ3) is 3.80. The van der Waals surface area contributed by atoms with Crippen molar-refractivity contribution in [3.8, 4) is 0 Å². The molecule has 0 saturated heterocycles. The van der Waals surface area contributed by atoms with E-state index in [9.17, 15) is 0 Å². The second-order valence-corrected chi connectivity index (χ2v) is 5.08. The van der Waals surface area contributed by atoms with Crippen molar-refractivity contribution < 1.29 is 0 Å². The molecule has 0 aliphatic carbocycles. The van der Waals surface area contributed by atoms with Crippen molar-refractivity contribution in [1.29, 1.82) is 0 Å². The summed E-state index contributed by atoms with van der Waals surface area (Å²) in [5.41, 5.74) is 7.89. The summed E-state index contributed by atoms with van der Waals surface area (Å²) < 4.78 is 2.28. The maximum atomic E-state index is 5.67. The summed E-state index contributed by atoms with van der Waals surface area (Å²) in [5, 5.41) is 0. The maximum absolute atomic E-state index is 5.67. The average molecular weight is 284 g/mol. The minimum atomic E-state index is 0.689. The van der Waals surface area contributed by atoms with Gasteiger partial charge < -0.3 is 10.3 Å². The van der Waals surface area contributed by atoms with E-state index in [1.807, 2.05) is 18.2 Å². The van der Waals surface area contributed by atoms with Gasteiger partial charge in [0.2, 0.25) is 0 Å². The molecule has 21 heavy (non-hydrogen) atoms. The van der Waals surface area contributed by atoms with Crippen LogP contribution < -0.4 is 5.73 Å². The van der Waals surface area contributed by atoms with E-state index >= 15 is 0 Å². The van der Waals surface area contributed by atoms with E-state index in [1.165, 1.54) is 5.52 Å². The Hall–Kier alpha value is -1.91. The lowest BCUT2D eigenvalue weighted by molar-refractivity contribution is 0.313. The Labute approximate surface area is 126 Å². The number of rotatable bonds is 9. The van der Waals surface area contributed by atoms with E-state index in [-0.39, 0.29) is 0 Å². The summed E-state index contributed by atoms with van der Waals surface area (Å²) in [6, 6.07) is 8.26. The molecular formula is C17H24N4. The molecule has 0 bridgehead atoms. The molecule has 0 amide bonds. The third-order valence-corrected chi connectivity index (χ3v) is 3.46. The summed E-state index contributed by atoms with van der Waals surface area (Å²) in [7, 11) is 0. The predicted octanol–water partition coefficient (Wildman–Crippen LogP) is 2.56. The topological polar surface area (TPSA) is 47.1 Å². The quantitative estimate of drug-likeness (QED) is 0.720. The number of hydrogen-bond donors (Lipinski definition) is 1. The summed E-state index contributed by atoms with van der Waals surface area (Å²) in [6.45, 7) is 11.7. The second kappa shape index (κ2) is 7.76. The van der Waals surface area contributed by atoms with Gasteiger partial charge in [0.05, 0.1) is 17.6 Å². The summed E-state index contributed by atoms with van der Waals surface area (Å²) >= 11 is 0. The molecule has 0 fully saturated rings. The van der Waals surface area contributed by atoms with Crippen LogP contribution in [0.25, 0.3) is 11.0 Å². The molecule has 0 aliphatic heterocycles. The van der Waals surface area contributed by atoms with Gasteiger partial charge >= 0.3 is 0 Å². The van der Waals surface area contributed by atoms with Crippen molar-refractivity contribution in [3.63, 3.8) is 0 Å². The molecule has 2 aromatic rings. The zero-order chi connectivity index (χ0) is 15.1. The molecule has 0 radical (unpaired) electrons. The van der Waals surface area contributed by atoms with Crippen molar-refractivity contribution in [2.75, 3.05) is 19.6 Å². The first-order valence-corrected chi connectivity index (χ1v) is 7.38. The van der Waals surface area contributed by atoms with Crippen LogP contribution in [0.4, 0.5) is 0 Å². The normalized spacial score (nSPS) is 11.1. The zero-order valence-electron chi connectivity index (χ0n) is 12.5. The van der Waals surface area contributed by atoms with Gasteiger partial charge in [-0.15, -0.1) is 13.2 Å². The monoisotopic (exact) mass is 284 g/mol. The number of nitrogens with zero attached hydrogens (tertiary/aromatic N) is 3. The lowest BCUT2D eigenvalue weighted by atomic mass is 10.3. The van der Waals surface area contributed by atoms with Gasteiger partial charge in [-0.1, -0.05) is 24.3 Å². The molecular weight excluding hydrogens is 260 g/mol. The highest BCUT2D eigenvalue weighted by molar-refractivity contribution is 5.75. The molecule has 0 spiro atoms. The van der Waals surface area contributed by atoms with Crippen LogP contribution in [0.15, 0.2) is 49.6 Å². The first-order chi connectivity index (χ1) is 10.3. The minimum Gasteiger partial charge on any atom is -0.330 e. The van der Waals surface area contributed by atoms with Crippen LogP contribution in [-0.2, 0) is 13.1 Å². The average Bonchev–Trinajstić information content (AvgIpc) is 2.83. The van der Waals surface area contributed by atoms with E-state index in [0.29, 0.717) is 6.54 Å². The van der Waals surface area contributed by atoms with Crippen molar-refractivity contribution in [2.24, 2.45) is 5.73 Å². The van der Waals surface area contributed by atoms with Crippen molar-refractivity contribution in [1.82, 2.24) is 14.5 Å². The summed E-state index contributed by atoms with van der Waals surface area (Å²) in [6.07, 6.45) is 4.78. The fourth-order valence-corrected chi connectivity index (χ4v) is 2.51. The van der Waals surface area contributed by atoms with Crippen LogP contribution in [0.5, 0.6) is 0 Å². The van der Waals surface area contributed by atoms with Crippen molar-refractivity contribution in [3.05, 3.63) is 55.4 Å².